The van der Waals surface area contributed by atoms with Gasteiger partial charge in [0.15, 0.2) is 0 Å². The lowest BCUT2D eigenvalue weighted by molar-refractivity contribution is 1.08. The number of hydrogen-bond donors (Lipinski definition) is 0. The number of nitrogens with zero attached hydrogens (tertiary/aromatic N) is 5. The highest BCUT2D eigenvalue weighted by molar-refractivity contribution is 6.10. The number of para-hydroxylation sites is 3. The smallest absolute Gasteiger partial charge is 0.102 e. The van der Waals surface area contributed by atoms with Crippen LogP contribution < -0.4 is 0 Å². The average Bonchev–Trinajstić information content (AvgIpc) is 3.56. The second kappa shape index (κ2) is 11.9. The van der Waals surface area contributed by atoms with E-state index in [0.29, 0.717) is 27.9 Å². The predicted octanol–water partition coefficient (Wildman–Crippen LogP) is 10.8. The third kappa shape index (κ3) is 4.67. The van der Waals surface area contributed by atoms with Gasteiger partial charge in [-0.15, -0.1) is 0 Å². The molecule has 0 saturated heterocycles. The van der Waals surface area contributed by atoms with Gasteiger partial charge >= 0.3 is 0 Å². The molecule has 9 rings (SSSR count). The Kier molecular flexibility index (Phi) is 6.96. The van der Waals surface area contributed by atoms with Crippen molar-refractivity contribution in [3.05, 3.63) is 174 Å². The zero-order valence-corrected chi connectivity index (χ0v) is 27.4. The molecule has 0 saturated carbocycles. The second-order valence-corrected chi connectivity index (χ2v) is 12.6. The molecule has 0 unspecified atom stereocenters. The maximum absolute atomic E-state index is 10.8. The van der Waals surface area contributed by atoms with E-state index in [4.69, 9.17) is 0 Å². The van der Waals surface area contributed by atoms with Gasteiger partial charge in [-0.25, -0.2) is 0 Å². The van der Waals surface area contributed by atoms with Crippen LogP contribution in [0, 0.1) is 34.0 Å². The minimum Gasteiger partial charge on any atom is -0.309 e. The van der Waals surface area contributed by atoms with Crippen molar-refractivity contribution in [2.24, 2.45) is 0 Å². The molecule has 8 aromatic rings. The molecular formula is C46H27N5. The number of aromatic nitrogens is 2. The van der Waals surface area contributed by atoms with Crippen LogP contribution in [0.2, 0.25) is 0 Å². The lowest BCUT2D eigenvalue weighted by atomic mass is 9.93. The Bertz CT molecular complexity index is 2930. The molecule has 0 N–H and O–H groups in total. The number of allylic oxidation sites excluding steroid dienone is 3. The summed E-state index contributed by atoms with van der Waals surface area (Å²) >= 11 is 0. The van der Waals surface area contributed by atoms with Crippen molar-refractivity contribution in [3.8, 4) is 51.8 Å². The summed E-state index contributed by atoms with van der Waals surface area (Å²) in [6, 6.07) is 49.7. The van der Waals surface area contributed by atoms with Crippen LogP contribution in [-0.2, 0) is 6.42 Å². The van der Waals surface area contributed by atoms with Gasteiger partial charge in [0, 0.05) is 27.3 Å². The van der Waals surface area contributed by atoms with E-state index < -0.39 is 0 Å². The molecule has 2 aromatic heterocycles. The van der Waals surface area contributed by atoms with E-state index in [0.717, 1.165) is 67.2 Å². The standard InChI is InChI=1S/C46H27N5/c47-27-30-21-22-45-39(23-30)37-16-6-9-20-44(37)50(45)41-18-7-4-13-34(41)32-11-10-12-33(26-32)38-24-31(28-48)25-46(40(38)29-49)51-42-17-3-1-2-14-35(42)36-15-5-8-19-43(36)51/h1-13,15-26H,14H2. The Hall–Kier alpha value is -7.39. The summed E-state index contributed by atoms with van der Waals surface area (Å²) in [5, 5.41) is 34.0. The summed E-state index contributed by atoms with van der Waals surface area (Å²) in [5.41, 5.74) is 12.1. The van der Waals surface area contributed by atoms with Crippen LogP contribution >= 0.6 is 0 Å². The molecule has 0 radical (unpaired) electrons. The van der Waals surface area contributed by atoms with E-state index >= 15 is 0 Å². The SMILES string of the molecule is N#Cc1cc(-c2cccc(-c3ccccc3-n3c4ccccc4c4cc(C#N)ccc43)c2)c(C#N)c(-n2c3c(c4ccccc42)CC=CC=C3)c1. The van der Waals surface area contributed by atoms with Crippen LogP contribution in [0.25, 0.3) is 72.4 Å². The minimum absolute atomic E-state index is 0.481. The van der Waals surface area contributed by atoms with Gasteiger partial charge in [-0.3, -0.25) is 0 Å². The van der Waals surface area contributed by atoms with Crippen molar-refractivity contribution in [1.29, 1.82) is 15.8 Å². The maximum Gasteiger partial charge on any atom is 0.102 e. The van der Waals surface area contributed by atoms with E-state index in [2.05, 4.69) is 88.0 Å². The Balaban J connectivity index is 1.26. The van der Waals surface area contributed by atoms with E-state index in [1.807, 2.05) is 91.0 Å². The molecule has 6 aromatic carbocycles. The van der Waals surface area contributed by atoms with Gasteiger partial charge in [0.05, 0.1) is 62.4 Å². The van der Waals surface area contributed by atoms with Crippen LogP contribution in [0.3, 0.4) is 0 Å². The highest BCUT2D eigenvalue weighted by Crippen LogP contribution is 2.40. The molecule has 0 atom stereocenters. The van der Waals surface area contributed by atoms with Gasteiger partial charge in [0.2, 0.25) is 0 Å². The number of rotatable bonds is 4. The van der Waals surface area contributed by atoms with Gasteiger partial charge in [-0.05, 0) is 83.8 Å². The molecule has 0 amide bonds. The number of fused-ring (bicyclic) bond motifs is 6. The Morgan fingerprint density at radius 3 is 2.00 bits per heavy atom. The average molecular weight is 650 g/mol. The monoisotopic (exact) mass is 649 g/mol. The largest absolute Gasteiger partial charge is 0.309 e. The first-order valence-electron chi connectivity index (χ1n) is 16.8. The van der Waals surface area contributed by atoms with Crippen molar-refractivity contribution < 1.29 is 0 Å². The summed E-state index contributed by atoms with van der Waals surface area (Å²) in [6.07, 6.45) is 9.09. The third-order valence-electron chi connectivity index (χ3n) is 9.87. The maximum atomic E-state index is 10.8. The van der Waals surface area contributed by atoms with E-state index in [-0.39, 0.29) is 0 Å². The van der Waals surface area contributed by atoms with Crippen molar-refractivity contribution >= 4 is 38.8 Å². The number of hydrogen-bond acceptors (Lipinski definition) is 3. The normalized spacial score (nSPS) is 12.0. The van der Waals surface area contributed by atoms with Crippen LogP contribution in [0.1, 0.15) is 27.9 Å². The van der Waals surface area contributed by atoms with Crippen LogP contribution in [0.5, 0.6) is 0 Å². The van der Waals surface area contributed by atoms with Gasteiger partial charge < -0.3 is 9.13 Å². The fraction of sp³-hybridized carbons (Fsp3) is 0.0217. The van der Waals surface area contributed by atoms with E-state index in [1.54, 1.807) is 0 Å². The highest BCUT2D eigenvalue weighted by atomic mass is 15.0. The second-order valence-electron chi connectivity index (χ2n) is 12.6. The first kappa shape index (κ1) is 29.7. The molecule has 0 fully saturated rings. The molecule has 0 spiro atoms. The molecule has 5 heteroatoms. The topological polar surface area (TPSA) is 81.2 Å². The molecule has 1 aliphatic carbocycles. The van der Waals surface area contributed by atoms with Crippen molar-refractivity contribution in [2.45, 2.75) is 6.42 Å². The van der Waals surface area contributed by atoms with Crippen LogP contribution in [0.4, 0.5) is 0 Å². The summed E-state index contributed by atoms with van der Waals surface area (Å²) in [6.45, 7) is 0. The van der Waals surface area contributed by atoms with E-state index in [9.17, 15) is 15.8 Å². The van der Waals surface area contributed by atoms with E-state index in [1.165, 1.54) is 5.56 Å². The van der Waals surface area contributed by atoms with Gasteiger partial charge in [0.1, 0.15) is 6.07 Å². The summed E-state index contributed by atoms with van der Waals surface area (Å²) in [5.74, 6) is 0. The molecule has 2 heterocycles. The zero-order valence-electron chi connectivity index (χ0n) is 27.4. The summed E-state index contributed by atoms with van der Waals surface area (Å²) in [4.78, 5) is 0. The number of benzene rings is 6. The molecule has 236 valence electrons. The van der Waals surface area contributed by atoms with Crippen LogP contribution in [-0.4, -0.2) is 9.13 Å². The first-order chi connectivity index (χ1) is 25.2. The molecule has 51 heavy (non-hydrogen) atoms. The van der Waals surface area contributed by atoms with Gasteiger partial charge in [0.25, 0.3) is 0 Å². The quantitative estimate of drug-likeness (QED) is 0.190. The predicted molar refractivity (Wildman–Crippen MR) is 205 cm³/mol. The summed E-state index contributed by atoms with van der Waals surface area (Å²) < 4.78 is 4.39. The first-order valence-corrected chi connectivity index (χ1v) is 16.8. The van der Waals surface area contributed by atoms with Gasteiger partial charge in [-0.2, -0.15) is 15.8 Å². The zero-order chi connectivity index (χ0) is 34.5. The highest BCUT2D eigenvalue weighted by Gasteiger charge is 2.22. The molecule has 0 bridgehead atoms. The Morgan fingerprint density at radius 1 is 0.490 bits per heavy atom. The molecule has 0 aliphatic heterocycles. The van der Waals surface area contributed by atoms with Crippen molar-refractivity contribution in [3.63, 3.8) is 0 Å². The Labute approximate surface area is 294 Å². The Morgan fingerprint density at radius 2 is 1.20 bits per heavy atom. The fourth-order valence-corrected chi connectivity index (χ4v) is 7.67. The molecule has 1 aliphatic rings. The fourth-order valence-electron chi connectivity index (χ4n) is 7.67. The van der Waals surface area contributed by atoms with Gasteiger partial charge in [-0.1, -0.05) is 91.0 Å². The number of nitriles is 3. The van der Waals surface area contributed by atoms with Crippen molar-refractivity contribution in [1.82, 2.24) is 9.13 Å². The third-order valence-corrected chi connectivity index (χ3v) is 9.87. The lowest BCUT2D eigenvalue weighted by Crippen LogP contribution is -2.03. The summed E-state index contributed by atoms with van der Waals surface area (Å²) in [7, 11) is 0. The lowest BCUT2D eigenvalue weighted by Gasteiger charge is -2.17. The van der Waals surface area contributed by atoms with Crippen LogP contribution in [0.15, 0.2) is 146 Å². The van der Waals surface area contributed by atoms with Crippen molar-refractivity contribution in [2.75, 3.05) is 0 Å². The molecule has 5 nitrogen and oxygen atoms in total. The molecular weight excluding hydrogens is 623 g/mol. The minimum atomic E-state index is 0.481.